The zero-order valence-corrected chi connectivity index (χ0v) is 14.4. The lowest BCUT2D eigenvalue weighted by Gasteiger charge is -2.16. The van der Waals surface area contributed by atoms with E-state index in [4.69, 9.17) is 9.47 Å². The molecule has 1 saturated heterocycles. The van der Waals surface area contributed by atoms with E-state index >= 15 is 0 Å². The van der Waals surface area contributed by atoms with E-state index in [0.29, 0.717) is 24.6 Å². The topological polar surface area (TPSA) is 64.8 Å². The third-order valence-corrected chi connectivity index (χ3v) is 4.72. The van der Waals surface area contributed by atoms with Gasteiger partial charge in [0.15, 0.2) is 11.5 Å². The Balaban J connectivity index is 1.83. The molecule has 132 valence electrons. The summed E-state index contributed by atoms with van der Waals surface area (Å²) in [5, 5.41) is 11.6. The summed E-state index contributed by atoms with van der Waals surface area (Å²) < 4.78 is 10.6. The second kappa shape index (κ2) is 7.53. The minimum absolute atomic E-state index is 0.160. The molecule has 1 aliphatic rings. The molecule has 0 saturated carbocycles. The molecule has 0 bridgehead atoms. The average molecular weight is 342 g/mol. The average Bonchev–Trinajstić information content (AvgIpc) is 3.06. The molecule has 0 radical (unpaired) electrons. The van der Waals surface area contributed by atoms with Gasteiger partial charge in [-0.3, -0.25) is 15.0 Å². The lowest BCUT2D eigenvalue weighted by Crippen LogP contribution is -2.28. The summed E-state index contributed by atoms with van der Waals surface area (Å²) in [6, 6.07) is 15.0. The first-order chi connectivity index (χ1) is 12.1. The number of rotatable bonds is 6. The third kappa shape index (κ3) is 3.74. The molecule has 0 amide bonds. The molecule has 25 heavy (non-hydrogen) atoms. The fraction of sp³-hybridized carbons (Fsp3) is 0.368. The monoisotopic (exact) mass is 342 g/mol. The van der Waals surface area contributed by atoms with E-state index < -0.39 is 6.04 Å². The molecule has 2 unspecified atom stereocenters. The number of methoxy groups -OCH3 is 2. The van der Waals surface area contributed by atoms with E-state index in [2.05, 4.69) is 4.90 Å². The number of likely N-dealkylation sites (tertiary alicyclic amines) is 1. The Hall–Kier alpha value is -2.60. The van der Waals surface area contributed by atoms with Gasteiger partial charge in [0.1, 0.15) is 0 Å². The second-order valence-corrected chi connectivity index (χ2v) is 6.25. The molecule has 6 heteroatoms. The largest absolute Gasteiger partial charge is 0.493 e. The van der Waals surface area contributed by atoms with Crippen molar-refractivity contribution in [1.82, 2.24) is 4.90 Å². The zero-order chi connectivity index (χ0) is 17.8. The van der Waals surface area contributed by atoms with Crippen LogP contribution < -0.4 is 9.47 Å². The molecule has 0 aliphatic carbocycles. The standard InChI is InChI=1S/C19H22N2O4/c1-24-18-9-8-15(10-19(18)25-2)16-12-20(13-17(16)21(22)23)11-14-6-4-3-5-7-14/h3-10,16-17H,11-13H2,1-2H3. The van der Waals surface area contributed by atoms with Gasteiger partial charge in [-0.2, -0.15) is 0 Å². The van der Waals surface area contributed by atoms with Crippen molar-refractivity contribution in [1.29, 1.82) is 0 Å². The summed E-state index contributed by atoms with van der Waals surface area (Å²) in [6.45, 7) is 1.81. The van der Waals surface area contributed by atoms with Gasteiger partial charge in [-0.05, 0) is 23.3 Å². The molecule has 1 heterocycles. The van der Waals surface area contributed by atoms with Crippen molar-refractivity contribution in [3.63, 3.8) is 0 Å². The van der Waals surface area contributed by atoms with Crippen LogP contribution in [0.4, 0.5) is 0 Å². The van der Waals surface area contributed by atoms with Crippen molar-refractivity contribution >= 4 is 0 Å². The molecule has 0 spiro atoms. The third-order valence-electron chi connectivity index (χ3n) is 4.72. The van der Waals surface area contributed by atoms with Gasteiger partial charge in [0.2, 0.25) is 6.04 Å². The van der Waals surface area contributed by atoms with E-state index in [9.17, 15) is 10.1 Å². The van der Waals surface area contributed by atoms with Crippen molar-refractivity contribution in [2.75, 3.05) is 27.3 Å². The SMILES string of the molecule is COc1ccc(C2CN(Cc3ccccc3)CC2[N+](=O)[O-])cc1OC. The van der Waals surface area contributed by atoms with Crippen LogP contribution in [0, 0.1) is 10.1 Å². The maximum absolute atomic E-state index is 11.6. The highest BCUT2D eigenvalue weighted by Crippen LogP contribution is 2.35. The van der Waals surface area contributed by atoms with Crippen LogP contribution in [0.3, 0.4) is 0 Å². The number of hydrogen-bond acceptors (Lipinski definition) is 5. The minimum Gasteiger partial charge on any atom is -0.493 e. The molecule has 6 nitrogen and oxygen atoms in total. The van der Waals surface area contributed by atoms with Crippen molar-refractivity contribution < 1.29 is 14.4 Å². The Morgan fingerprint density at radius 3 is 2.44 bits per heavy atom. The van der Waals surface area contributed by atoms with Crippen molar-refractivity contribution in [2.45, 2.75) is 18.5 Å². The minimum atomic E-state index is -0.623. The van der Waals surface area contributed by atoms with E-state index in [0.717, 1.165) is 17.7 Å². The Kier molecular flexibility index (Phi) is 5.19. The predicted molar refractivity (Wildman–Crippen MR) is 94.8 cm³/mol. The first-order valence-electron chi connectivity index (χ1n) is 8.24. The summed E-state index contributed by atoms with van der Waals surface area (Å²) in [7, 11) is 3.15. The van der Waals surface area contributed by atoms with Gasteiger partial charge in [0.25, 0.3) is 0 Å². The van der Waals surface area contributed by atoms with Crippen molar-refractivity contribution in [2.24, 2.45) is 0 Å². The maximum atomic E-state index is 11.6. The smallest absolute Gasteiger partial charge is 0.233 e. The maximum Gasteiger partial charge on any atom is 0.233 e. The molecule has 2 aromatic rings. The quantitative estimate of drug-likeness (QED) is 0.596. The zero-order valence-electron chi connectivity index (χ0n) is 14.4. The number of ether oxygens (including phenoxy) is 2. The molecule has 1 fully saturated rings. The van der Waals surface area contributed by atoms with Crippen LogP contribution in [0.15, 0.2) is 48.5 Å². The molecule has 2 atom stereocenters. The lowest BCUT2D eigenvalue weighted by atomic mass is 9.94. The predicted octanol–water partition coefficient (Wildman–Crippen LogP) is 2.95. The van der Waals surface area contributed by atoms with E-state index in [1.165, 1.54) is 0 Å². The van der Waals surface area contributed by atoms with E-state index in [1.807, 2.05) is 48.5 Å². The molecule has 3 rings (SSSR count). The number of benzene rings is 2. The molecule has 0 aromatic heterocycles. The fourth-order valence-electron chi connectivity index (χ4n) is 3.46. The fourth-order valence-corrected chi connectivity index (χ4v) is 3.46. The Morgan fingerprint density at radius 2 is 1.80 bits per heavy atom. The Bertz CT molecular complexity index is 735. The van der Waals surface area contributed by atoms with Gasteiger partial charge in [0.05, 0.1) is 26.7 Å². The van der Waals surface area contributed by atoms with E-state index in [-0.39, 0.29) is 10.8 Å². The molecular formula is C19H22N2O4. The van der Waals surface area contributed by atoms with Gasteiger partial charge in [-0.1, -0.05) is 36.4 Å². The van der Waals surface area contributed by atoms with Gasteiger partial charge in [-0.25, -0.2) is 0 Å². The van der Waals surface area contributed by atoms with Crippen LogP contribution in [-0.4, -0.2) is 43.2 Å². The first kappa shape index (κ1) is 17.2. The van der Waals surface area contributed by atoms with Gasteiger partial charge in [0, 0.05) is 18.0 Å². The highest BCUT2D eigenvalue weighted by Gasteiger charge is 2.42. The van der Waals surface area contributed by atoms with Crippen LogP contribution in [0.2, 0.25) is 0 Å². The summed E-state index contributed by atoms with van der Waals surface area (Å²) >= 11 is 0. The summed E-state index contributed by atoms with van der Waals surface area (Å²) in [5.74, 6) is 1.06. The molecule has 1 aliphatic heterocycles. The van der Waals surface area contributed by atoms with Crippen LogP contribution in [0.25, 0.3) is 0 Å². The van der Waals surface area contributed by atoms with Crippen molar-refractivity contribution in [3.05, 3.63) is 69.8 Å². The lowest BCUT2D eigenvalue weighted by molar-refractivity contribution is -0.521. The highest BCUT2D eigenvalue weighted by molar-refractivity contribution is 5.44. The van der Waals surface area contributed by atoms with Crippen LogP contribution >= 0.6 is 0 Å². The molecular weight excluding hydrogens is 320 g/mol. The summed E-state index contributed by atoms with van der Waals surface area (Å²) in [5.41, 5.74) is 2.08. The normalized spacial score (nSPS) is 20.4. The van der Waals surface area contributed by atoms with Gasteiger partial charge in [-0.15, -0.1) is 0 Å². The van der Waals surface area contributed by atoms with Crippen molar-refractivity contribution in [3.8, 4) is 11.5 Å². The van der Waals surface area contributed by atoms with Crippen LogP contribution in [0.1, 0.15) is 17.0 Å². The van der Waals surface area contributed by atoms with E-state index in [1.54, 1.807) is 14.2 Å². The summed E-state index contributed by atoms with van der Waals surface area (Å²) in [6.07, 6.45) is 0. The second-order valence-electron chi connectivity index (χ2n) is 6.25. The highest BCUT2D eigenvalue weighted by atomic mass is 16.6. The van der Waals surface area contributed by atoms with Gasteiger partial charge >= 0.3 is 0 Å². The van der Waals surface area contributed by atoms with Crippen LogP contribution in [0.5, 0.6) is 11.5 Å². The molecule has 2 aromatic carbocycles. The number of hydrogen-bond donors (Lipinski definition) is 0. The Labute approximate surface area is 147 Å². The number of nitrogens with zero attached hydrogens (tertiary/aromatic N) is 2. The molecule has 0 N–H and O–H groups in total. The summed E-state index contributed by atoms with van der Waals surface area (Å²) in [4.78, 5) is 13.6. The number of nitro groups is 1. The van der Waals surface area contributed by atoms with Crippen LogP contribution in [-0.2, 0) is 6.54 Å². The first-order valence-corrected chi connectivity index (χ1v) is 8.24. The Morgan fingerprint density at radius 1 is 1.08 bits per heavy atom. The van der Waals surface area contributed by atoms with Gasteiger partial charge < -0.3 is 9.47 Å².